The van der Waals surface area contributed by atoms with Gasteiger partial charge in [-0.1, -0.05) is 0 Å². The molecule has 0 aliphatic carbocycles. The van der Waals surface area contributed by atoms with Crippen molar-refractivity contribution >= 4 is 0 Å². The van der Waals surface area contributed by atoms with Crippen LogP contribution in [-0.2, 0) is 6.54 Å². The third kappa shape index (κ3) is 2.77. The van der Waals surface area contributed by atoms with Crippen LogP contribution < -0.4 is 5.32 Å². The fourth-order valence-electron chi connectivity index (χ4n) is 3.71. The molecular formula is C16H28N4. The van der Waals surface area contributed by atoms with E-state index >= 15 is 0 Å². The predicted molar refractivity (Wildman–Crippen MR) is 81.8 cm³/mol. The number of hydrogen-bond donors (Lipinski definition) is 1. The minimum Gasteiger partial charge on any atom is -0.317 e. The van der Waals surface area contributed by atoms with Crippen molar-refractivity contribution in [3.63, 3.8) is 0 Å². The lowest BCUT2D eigenvalue weighted by Crippen LogP contribution is -2.38. The van der Waals surface area contributed by atoms with Gasteiger partial charge in [0.25, 0.3) is 0 Å². The van der Waals surface area contributed by atoms with Gasteiger partial charge >= 0.3 is 0 Å². The molecule has 0 atom stereocenters. The highest BCUT2D eigenvalue weighted by molar-refractivity contribution is 5.16. The van der Waals surface area contributed by atoms with E-state index in [9.17, 15) is 0 Å². The highest BCUT2D eigenvalue weighted by Gasteiger charge is 2.38. The number of hydrogen-bond acceptors (Lipinski definition) is 3. The summed E-state index contributed by atoms with van der Waals surface area (Å²) in [5.41, 5.74) is 3.21. The Morgan fingerprint density at radius 2 is 2.05 bits per heavy atom. The van der Waals surface area contributed by atoms with Gasteiger partial charge in [0.1, 0.15) is 0 Å². The lowest BCUT2D eigenvalue weighted by Gasteiger charge is -2.33. The Hall–Kier alpha value is -0.870. The summed E-state index contributed by atoms with van der Waals surface area (Å²) in [5.74, 6) is 0. The minimum absolute atomic E-state index is 0.455. The van der Waals surface area contributed by atoms with Gasteiger partial charge in [-0.15, -0.1) is 0 Å². The summed E-state index contributed by atoms with van der Waals surface area (Å²) in [6.07, 6.45) is 6.33. The Morgan fingerprint density at radius 3 is 2.70 bits per heavy atom. The molecule has 112 valence electrons. The van der Waals surface area contributed by atoms with Crippen molar-refractivity contribution in [2.45, 2.75) is 52.6 Å². The van der Waals surface area contributed by atoms with E-state index < -0.39 is 0 Å². The zero-order chi connectivity index (χ0) is 14.2. The first-order chi connectivity index (χ1) is 9.58. The molecule has 1 aromatic heterocycles. The minimum atomic E-state index is 0.455. The highest BCUT2D eigenvalue weighted by Crippen LogP contribution is 2.39. The average Bonchev–Trinajstić information content (AvgIpc) is 2.97. The molecule has 1 N–H and O–H groups in total. The normalized spacial score (nSPS) is 23.0. The first-order valence-electron chi connectivity index (χ1n) is 8.06. The Bertz CT molecular complexity index is 457. The number of aryl methyl sites for hydroxylation is 1. The zero-order valence-corrected chi connectivity index (χ0v) is 13.2. The SMILES string of the molecule is Cc1nn(C(C)C)cc1CN1CCC2(CCNCC2)C1. The highest BCUT2D eigenvalue weighted by atomic mass is 15.3. The molecule has 2 fully saturated rings. The van der Waals surface area contributed by atoms with E-state index in [1.54, 1.807) is 0 Å². The fourth-order valence-corrected chi connectivity index (χ4v) is 3.71. The lowest BCUT2D eigenvalue weighted by molar-refractivity contribution is 0.194. The second kappa shape index (κ2) is 5.49. The summed E-state index contributed by atoms with van der Waals surface area (Å²) in [7, 11) is 0. The van der Waals surface area contributed by atoms with Gasteiger partial charge in [-0.25, -0.2) is 0 Å². The molecule has 1 spiro atoms. The number of likely N-dealkylation sites (tertiary alicyclic amines) is 1. The van der Waals surface area contributed by atoms with E-state index in [0.717, 1.165) is 6.54 Å². The van der Waals surface area contributed by atoms with Crippen molar-refractivity contribution in [2.24, 2.45) is 5.41 Å². The summed E-state index contributed by atoms with van der Waals surface area (Å²) >= 11 is 0. The molecule has 0 radical (unpaired) electrons. The summed E-state index contributed by atoms with van der Waals surface area (Å²) in [6.45, 7) is 12.5. The van der Waals surface area contributed by atoms with Gasteiger partial charge in [0, 0.05) is 30.9 Å². The van der Waals surface area contributed by atoms with Gasteiger partial charge in [0.2, 0.25) is 0 Å². The van der Waals surface area contributed by atoms with Gasteiger partial charge in [-0.2, -0.15) is 5.10 Å². The molecule has 0 unspecified atom stereocenters. The third-order valence-electron chi connectivity index (χ3n) is 5.12. The van der Waals surface area contributed by atoms with Crippen molar-refractivity contribution in [3.05, 3.63) is 17.5 Å². The molecule has 2 saturated heterocycles. The van der Waals surface area contributed by atoms with Gasteiger partial charge in [-0.3, -0.25) is 9.58 Å². The number of rotatable bonds is 3. The van der Waals surface area contributed by atoms with Crippen LogP contribution in [0.2, 0.25) is 0 Å². The maximum atomic E-state index is 4.64. The van der Waals surface area contributed by atoms with Gasteiger partial charge < -0.3 is 5.32 Å². The lowest BCUT2D eigenvalue weighted by atomic mass is 9.78. The average molecular weight is 276 g/mol. The molecule has 3 heterocycles. The van der Waals surface area contributed by atoms with E-state index in [0.29, 0.717) is 11.5 Å². The molecule has 0 aromatic carbocycles. The van der Waals surface area contributed by atoms with Crippen LogP contribution >= 0.6 is 0 Å². The molecule has 0 bridgehead atoms. The van der Waals surface area contributed by atoms with Gasteiger partial charge in [0.15, 0.2) is 0 Å². The summed E-state index contributed by atoms with van der Waals surface area (Å²) in [5, 5.41) is 8.13. The Balaban J connectivity index is 1.64. The van der Waals surface area contributed by atoms with Crippen LogP contribution in [0.3, 0.4) is 0 Å². The van der Waals surface area contributed by atoms with Crippen LogP contribution in [0.4, 0.5) is 0 Å². The number of piperidine rings is 1. The fraction of sp³-hybridized carbons (Fsp3) is 0.812. The Kier molecular flexibility index (Phi) is 3.87. The second-order valence-corrected chi connectivity index (χ2v) is 7.02. The van der Waals surface area contributed by atoms with Crippen LogP contribution in [0.1, 0.15) is 50.4 Å². The molecule has 3 rings (SSSR count). The number of nitrogens with zero attached hydrogens (tertiary/aromatic N) is 3. The van der Waals surface area contributed by atoms with Crippen LogP contribution in [0.15, 0.2) is 6.20 Å². The zero-order valence-electron chi connectivity index (χ0n) is 13.2. The topological polar surface area (TPSA) is 33.1 Å². The quantitative estimate of drug-likeness (QED) is 0.920. The maximum Gasteiger partial charge on any atom is 0.0638 e. The van der Waals surface area contributed by atoms with E-state index in [1.807, 2.05) is 0 Å². The Labute approximate surface area is 122 Å². The van der Waals surface area contributed by atoms with Crippen LogP contribution in [0.25, 0.3) is 0 Å². The van der Waals surface area contributed by atoms with Gasteiger partial charge in [-0.05, 0) is 65.1 Å². The van der Waals surface area contributed by atoms with Crippen molar-refractivity contribution < 1.29 is 0 Å². The molecule has 2 aliphatic rings. The predicted octanol–water partition coefficient (Wildman–Crippen LogP) is 2.35. The molecule has 4 nitrogen and oxygen atoms in total. The molecule has 4 heteroatoms. The number of aromatic nitrogens is 2. The maximum absolute atomic E-state index is 4.64. The monoisotopic (exact) mass is 276 g/mol. The molecule has 20 heavy (non-hydrogen) atoms. The molecule has 2 aliphatic heterocycles. The molecule has 1 aromatic rings. The first kappa shape index (κ1) is 14.1. The van der Waals surface area contributed by atoms with Crippen molar-refractivity contribution in [1.82, 2.24) is 20.0 Å². The van der Waals surface area contributed by atoms with E-state index in [2.05, 4.69) is 47.0 Å². The van der Waals surface area contributed by atoms with Crippen molar-refractivity contribution in [2.75, 3.05) is 26.2 Å². The van der Waals surface area contributed by atoms with E-state index in [4.69, 9.17) is 0 Å². The molecule has 0 amide bonds. The summed E-state index contributed by atoms with van der Waals surface area (Å²) < 4.78 is 2.10. The van der Waals surface area contributed by atoms with Crippen LogP contribution in [0.5, 0.6) is 0 Å². The molecular weight excluding hydrogens is 248 g/mol. The van der Waals surface area contributed by atoms with Gasteiger partial charge in [0.05, 0.1) is 5.69 Å². The van der Waals surface area contributed by atoms with Crippen LogP contribution in [0, 0.1) is 12.3 Å². The van der Waals surface area contributed by atoms with Crippen molar-refractivity contribution in [1.29, 1.82) is 0 Å². The van der Waals surface area contributed by atoms with E-state index in [1.165, 1.54) is 56.7 Å². The van der Waals surface area contributed by atoms with Crippen molar-refractivity contribution in [3.8, 4) is 0 Å². The standard InChI is InChI=1S/C16H28N4/c1-13(2)20-11-15(14(3)18-20)10-19-9-6-16(12-19)4-7-17-8-5-16/h11,13,17H,4-10,12H2,1-3H3. The molecule has 0 saturated carbocycles. The smallest absolute Gasteiger partial charge is 0.0638 e. The number of nitrogens with one attached hydrogen (secondary N) is 1. The second-order valence-electron chi connectivity index (χ2n) is 7.02. The Morgan fingerprint density at radius 1 is 1.30 bits per heavy atom. The summed E-state index contributed by atoms with van der Waals surface area (Å²) in [4.78, 5) is 2.64. The largest absolute Gasteiger partial charge is 0.317 e. The van der Waals surface area contributed by atoms with E-state index in [-0.39, 0.29) is 0 Å². The first-order valence-corrected chi connectivity index (χ1v) is 8.06. The summed E-state index contributed by atoms with van der Waals surface area (Å²) in [6, 6.07) is 0.455. The third-order valence-corrected chi connectivity index (χ3v) is 5.12. The van der Waals surface area contributed by atoms with Crippen LogP contribution in [-0.4, -0.2) is 40.9 Å².